The number of amides is 1. The van der Waals surface area contributed by atoms with Gasteiger partial charge in [0.1, 0.15) is 5.75 Å². The van der Waals surface area contributed by atoms with E-state index in [-0.39, 0.29) is 24.1 Å². The van der Waals surface area contributed by atoms with Crippen LogP contribution in [0.5, 0.6) is 5.75 Å². The average molecular weight is 334 g/mol. The molecule has 0 aliphatic carbocycles. The normalized spacial score (nSPS) is 12.0. The zero-order valence-corrected chi connectivity index (χ0v) is 15.6. The molecule has 0 bridgehead atoms. The molecule has 0 heterocycles. The van der Waals surface area contributed by atoms with E-state index in [1.54, 1.807) is 7.05 Å². The van der Waals surface area contributed by atoms with Crippen molar-refractivity contribution in [3.63, 3.8) is 0 Å². The van der Waals surface area contributed by atoms with Crippen LogP contribution >= 0.6 is 0 Å². The molecule has 0 aliphatic rings. The zero-order chi connectivity index (χ0) is 18.2. The van der Waals surface area contributed by atoms with Gasteiger partial charge in [-0.2, -0.15) is 0 Å². The number of rotatable bonds is 6. The Labute approximate surface area is 145 Å². The Morgan fingerprint density at radius 2 is 1.79 bits per heavy atom. The van der Waals surface area contributed by atoms with Gasteiger partial charge in [-0.05, 0) is 52.3 Å². The predicted molar refractivity (Wildman–Crippen MR) is 98.3 cm³/mol. The molecule has 0 saturated heterocycles. The van der Waals surface area contributed by atoms with E-state index in [9.17, 15) is 4.79 Å². The summed E-state index contributed by atoms with van der Waals surface area (Å²) in [5.41, 5.74) is 0.864. The predicted octanol–water partition coefficient (Wildman–Crippen LogP) is 2.05. The van der Waals surface area contributed by atoms with E-state index in [2.05, 4.69) is 20.9 Å². The first-order valence-electron chi connectivity index (χ1n) is 8.21. The summed E-state index contributed by atoms with van der Waals surface area (Å²) < 4.78 is 5.62. The largest absolute Gasteiger partial charge is 0.491 e. The molecule has 1 rings (SSSR count). The fourth-order valence-corrected chi connectivity index (χ4v) is 1.99. The molecule has 3 N–H and O–H groups in total. The van der Waals surface area contributed by atoms with Crippen molar-refractivity contribution in [2.45, 2.75) is 52.8 Å². The molecule has 0 fully saturated rings. The van der Waals surface area contributed by atoms with Crippen molar-refractivity contribution in [3.05, 3.63) is 29.8 Å². The molecule has 0 aliphatic heterocycles. The first-order valence-corrected chi connectivity index (χ1v) is 8.21. The molecular weight excluding hydrogens is 304 g/mol. The van der Waals surface area contributed by atoms with Crippen molar-refractivity contribution < 1.29 is 9.53 Å². The molecule has 0 radical (unpaired) electrons. The van der Waals surface area contributed by atoms with Gasteiger partial charge in [-0.15, -0.1) is 0 Å². The summed E-state index contributed by atoms with van der Waals surface area (Å²) in [5.74, 6) is 1.37. The van der Waals surface area contributed by atoms with Gasteiger partial charge in [-0.3, -0.25) is 9.79 Å². The first kappa shape index (κ1) is 19.8. The Bertz CT molecular complexity index is 545. The molecular formula is C18H30N4O2. The van der Waals surface area contributed by atoms with Crippen molar-refractivity contribution >= 4 is 11.9 Å². The number of nitrogens with one attached hydrogen (secondary N) is 3. The summed E-state index contributed by atoms with van der Waals surface area (Å²) in [7, 11) is 1.68. The SMILES string of the molecule is CN=C(NCC(=O)NC(C)(C)C)NCc1ccc(OC(C)C)cc1. The van der Waals surface area contributed by atoms with Crippen LogP contribution in [0.2, 0.25) is 0 Å². The molecule has 1 amide bonds. The van der Waals surface area contributed by atoms with E-state index in [0.717, 1.165) is 11.3 Å². The van der Waals surface area contributed by atoms with E-state index >= 15 is 0 Å². The number of hydrogen-bond donors (Lipinski definition) is 3. The number of carbonyl (C=O) groups excluding carboxylic acids is 1. The maximum Gasteiger partial charge on any atom is 0.239 e. The molecule has 134 valence electrons. The van der Waals surface area contributed by atoms with Crippen LogP contribution in [0.1, 0.15) is 40.2 Å². The van der Waals surface area contributed by atoms with Crippen LogP contribution in [0, 0.1) is 0 Å². The van der Waals surface area contributed by atoms with Gasteiger partial charge >= 0.3 is 0 Å². The van der Waals surface area contributed by atoms with E-state index in [4.69, 9.17) is 4.74 Å². The van der Waals surface area contributed by atoms with Crippen LogP contribution in [-0.4, -0.2) is 37.1 Å². The minimum Gasteiger partial charge on any atom is -0.491 e. The minimum absolute atomic E-state index is 0.0689. The van der Waals surface area contributed by atoms with Crippen molar-refractivity contribution in [2.75, 3.05) is 13.6 Å². The highest BCUT2D eigenvalue weighted by Crippen LogP contribution is 2.13. The van der Waals surface area contributed by atoms with Crippen LogP contribution in [-0.2, 0) is 11.3 Å². The molecule has 0 spiro atoms. The van der Waals surface area contributed by atoms with Crippen molar-refractivity contribution in [1.29, 1.82) is 0 Å². The molecule has 1 aromatic rings. The van der Waals surface area contributed by atoms with Crippen LogP contribution in [0.15, 0.2) is 29.3 Å². The maximum absolute atomic E-state index is 11.8. The highest BCUT2D eigenvalue weighted by atomic mass is 16.5. The summed E-state index contributed by atoms with van der Waals surface area (Å²) in [6.45, 7) is 10.6. The average Bonchev–Trinajstić information content (AvgIpc) is 2.46. The smallest absolute Gasteiger partial charge is 0.239 e. The van der Waals surface area contributed by atoms with E-state index in [1.165, 1.54) is 0 Å². The number of nitrogens with zero attached hydrogens (tertiary/aromatic N) is 1. The highest BCUT2D eigenvalue weighted by molar-refractivity contribution is 5.86. The van der Waals surface area contributed by atoms with E-state index in [0.29, 0.717) is 12.5 Å². The lowest BCUT2D eigenvalue weighted by atomic mass is 10.1. The Morgan fingerprint density at radius 3 is 2.29 bits per heavy atom. The van der Waals surface area contributed by atoms with E-state index < -0.39 is 0 Å². The lowest BCUT2D eigenvalue weighted by molar-refractivity contribution is -0.121. The van der Waals surface area contributed by atoms with E-state index in [1.807, 2.05) is 58.9 Å². The second-order valence-corrected chi connectivity index (χ2v) is 6.89. The molecule has 0 atom stereocenters. The summed E-state index contributed by atoms with van der Waals surface area (Å²) >= 11 is 0. The lowest BCUT2D eigenvalue weighted by Gasteiger charge is -2.21. The van der Waals surface area contributed by atoms with Gasteiger partial charge in [0.2, 0.25) is 5.91 Å². The topological polar surface area (TPSA) is 74.8 Å². The third kappa shape index (κ3) is 8.41. The summed E-state index contributed by atoms with van der Waals surface area (Å²) in [6.07, 6.45) is 0.163. The van der Waals surface area contributed by atoms with Crippen LogP contribution in [0.4, 0.5) is 0 Å². The van der Waals surface area contributed by atoms with Crippen LogP contribution in [0.25, 0.3) is 0 Å². The fraction of sp³-hybridized carbons (Fsp3) is 0.556. The van der Waals surface area contributed by atoms with Crippen molar-refractivity contribution in [1.82, 2.24) is 16.0 Å². The van der Waals surface area contributed by atoms with Crippen LogP contribution < -0.4 is 20.7 Å². The van der Waals surface area contributed by atoms with Gasteiger partial charge in [0, 0.05) is 19.1 Å². The highest BCUT2D eigenvalue weighted by Gasteiger charge is 2.13. The molecule has 6 heteroatoms. The van der Waals surface area contributed by atoms with Gasteiger partial charge in [-0.25, -0.2) is 0 Å². The number of aliphatic imine (C=N–C) groups is 1. The first-order chi connectivity index (χ1) is 11.2. The minimum atomic E-state index is -0.241. The van der Waals surface area contributed by atoms with Gasteiger partial charge in [0.05, 0.1) is 12.6 Å². The summed E-state index contributed by atoms with van der Waals surface area (Å²) in [4.78, 5) is 15.9. The number of benzene rings is 1. The molecule has 24 heavy (non-hydrogen) atoms. The van der Waals surface area contributed by atoms with Crippen molar-refractivity contribution in [3.8, 4) is 5.75 Å². The summed E-state index contributed by atoms with van der Waals surface area (Å²) in [6, 6.07) is 7.91. The fourth-order valence-electron chi connectivity index (χ4n) is 1.99. The number of ether oxygens (including phenoxy) is 1. The molecule has 0 saturated carbocycles. The Kier molecular flexibility index (Phi) is 7.55. The van der Waals surface area contributed by atoms with Gasteiger partial charge < -0.3 is 20.7 Å². The molecule has 0 aromatic heterocycles. The second-order valence-electron chi connectivity index (χ2n) is 6.89. The van der Waals surface area contributed by atoms with Crippen LogP contribution in [0.3, 0.4) is 0 Å². The maximum atomic E-state index is 11.8. The number of carbonyl (C=O) groups is 1. The summed E-state index contributed by atoms with van der Waals surface area (Å²) in [5, 5.41) is 9.08. The third-order valence-electron chi connectivity index (χ3n) is 2.91. The Balaban J connectivity index is 2.42. The molecule has 0 unspecified atom stereocenters. The van der Waals surface area contributed by atoms with Gasteiger partial charge in [0.15, 0.2) is 5.96 Å². The molecule has 1 aromatic carbocycles. The standard InChI is InChI=1S/C18H30N4O2/c1-13(2)24-15-9-7-14(8-10-15)11-20-17(19-6)21-12-16(23)22-18(3,4)5/h7-10,13H,11-12H2,1-6H3,(H,22,23)(H2,19,20,21). The molecule has 6 nitrogen and oxygen atoms in total. The number of hydrogen-bond acceptors (Lipinski definition) is 3. The number of guanidine groups is 1. The zero-order valence-electron chi connectivity index (χ0n) is 15.6. The Morgan fingerprint density at radius 1 is 1.17 bits per heavy atom. The monoisotopic (exact) mass is 334 g/mol. The quantitative estimate of drug-likeness (QED) is 0.550. The Hall–Kier alpha value is -2.24. The van der Waals surface area contributed by atoms with Gasteiger partial charge in [0.25, 0.3) is 0 Å². The third-order valence-corrected chi connectivity index (χ3v) is 2.91. The second kappa shape index (κ2) is 9.15. The van der Waals surface area contributed by atoms with Gasteiger partial charge in [-0.1, -0.05) is 12.1 Å². The van der Waals surface area contributed by atoms with Crippen molar-refractivity contribution in [2.24, 2.45) is 4.99 Å². The lowest BCUT2D eigenvalue weighted by Crippen LogP contribution is -2.48.